The maximum Gasteiger partial charge on any atom is 0.432 e. The summed E-state index contributed by atoms with van der Waals surface area (Å²) < 4.78 is 4.18. The average molecular weight is 510 g/mol. The number of nitrogens with zero attached hydrogens (tertiary/aromatic N) is 6. The molecule has 0 aliphatic heterocycles. The first-order valence-corrected chi connectivity index (χ1v) is 13.5. The number of aromatic nitrogens is 3. The van der Waals surface area contributed by atoms with Crippen LogP contribution in [0.4, 0.5) is 16.0 Å². The molecule has 0 unspecified atom stereocenters. The lowest BCUT2D eigenvalue weighted by Gasteiger charge is -2.29. The maximum atomic E-state index is 5.01. The van der Waals surface area contributed by atoms with Crippen LogP contribution in [-0.4, -0.2) is 21.7 Å². The fraction of sp³-hybridized carbons (Fsp3) is 0.267. The van der Waals surface area contributed by atoms with Gasteiger partial charge in [0.05, 0.1) is 16.3 Å². The Morgan fingerprint density at radius 3 is 2.14 bits per heavy atom. The highest BCUT2D eigenvalue weighted by Crippen LogP contribution is 2.40. The summed E-state index contributed by atoms with van der Waals surface area (Å²) in [4.78, 5) is 2.33. The lowest BCUT2D eigenvalue weighted by molar-refractivity contribution is -0.728. The van der Waals surface area contributed by atoms with Crippen molar-refractivity contribution in [2.45, 2.75) is 46.3 Å². The second-order valence-corrected chi connectivity index (χ2v) is 10.7. The van der Waals surface area contributed by atoms with Crippen LogP contribution in [0, 0.1) is 0 Å². The van der Waals surface area contributed by atoms with Crippen molar-refractivity contribution in [2.24, 2.45) is 17.3 Å². The summed E-state index contributed by atoms with van der Waals surface area (Å²) in [6.45, 7) is 9.44. The third-order valence-corrected chi connectivity index (χ3v) is 7.43. The maximum absolute atomic E-state index is 5.01. The highest BCUT2D eigenvalue weighted by Gasteiger charge is 2.27. The van der Waals surface area contributed by atoms with Crippen molar-refractivity contribution in [1.29, 1.82) is 0 Å². The molecule has 188 valence electrons. The van der Waals surface area contributed by atoms with Gasteiger partial charge in [0.25, 0.3) is 0 Å². The van der Waals surface area contributed by atoms with E-state index in [1.54, 1.807) is 11.3 Å². The normalized spacial score (nSPS) is 11.9. The van der Waals surface area contributed by atoms with E-state index < -0.39 is 0 Å². The van der Waals surface area contributed by atoms with E-state index in [1.165, 1.54) is 5.56 Å². The van der Waals surface area contributed by atoms with Crippen LogP contribution in [0.15, 0.2) is 95.2 Å². The molecule has 5 rings (SSSR count). The number of azo groups is 1. The van der Waals surface area contributed by atoms with E-state index in [9.17, 15) is 0 Å². The summed E-state index contributed by atoms with van der Waals surface area (Å²) in [6, 6.07) is 29.8. The molecular weight excluding hydrogens is 476 g/mol. The Morgan fingerprint density at radius 1 is 0.838 bits per heavy atom. The summed E-state index contributed by atoms with van der Waals surface area (Å²) in [5, 5.41) is 17.6. The number of aryl methyl sites for hydroxylation is 1. The van der Waals surface area contributed by atoms with Gasteiger partial charge in [-0.2, -0.15) is 0 Å². The van der Waals surface area contributed by atoms with E-state index in [1.807, 2.05) is 16.8 Å². The molecule has 0 bridgehead atoms. The van der Waals surface area contributed by atoms with Crippen LogP contribution in [0.1, 0.15) is 33.3 Å². The Morgan fingerprint density at radius 2 is 1.46 bits per heavy atom. The molecule has 6 nitrogen and oxygen atoms in total. The largest absolute Gasteiger partial charge is 0.432 e. The van der Waals surface area contributed by atoms with Gasteiger partial charge >= 0.3 is 5.13 Å². The molecule has 0 fully saturated rings. The lowest BCUT2D eigenvalue weighted by atomic mass is 10.1. The van der Waals surface area contributed by atoms with Gasteiger partial charge in [0.1, 0.15) is 12.2 Å². The average Bonchev–Trinajstić information content (AvgIpc) is 3.41. The molecule has 37 heavy (non-hydrogen) atoms. The lowest BCUT2D eigenvalue weighted by Crippen LogP contribution is -2.40. The van der Waals surface area contributed by atoms with Crippen molar-refractivity contribution in [3.63, 3.8) is 0 Å². The third-order valence-electron chi connectivity index (χ3n) is 6.48. The van der Waals surface area contributed by atoms with Gasteiger partial charge in [0, 0.05) is 30.1 Å². The summed E-state index contributed by atoms with van der Waals surface area (Å²) in [5.41, 5.74) is 5.34. The summed E-state index contributed by atoms with van der Waals surface area (Å²) in [6.07, 6.45) is 0. The standard InChI is InChI=1S/C30H33N6S/c1-21(2)36(22(3)4)30-33-35(20-23-14-8-6-9-15-23)29(37-30)32-31-27-25-18-12-13-19-26(25)34(5)28(27)24-16-10-7-11-17-24/h6-19,21-22H,20H2,1-5H3/q+1. The predicted molar refractivity (Wildman–Crippen MR) is 153 cm³/mol. The molecule has 0 aliphatic rings. The topological polar surface area (TPSA) is 49.7 Å². The Labute approximate surface area is 222 Å². The molecule has 0 amide bonds. The monoisotopic (exact) mass is 509 g/mol. The number of benzene rings is 3. The number of hydrogen-bond acceptors (Lipinski definition) is 5. The quantitative estimate of drug-likeness (QED) is 0.159. The number of para-hydroxylation sites is 1. The van der Waals surface area contributed by atoms with E-state index >= 15 is 0 Å². The highest BCUT2D eigenvalue weighted by atomic mass is 32.1. The molecule has 2 heterocycles. The van der Waals surface area contributed by atoms with Gasteiger partial charge in [0.2, 0.25) is 5.13 Å². The second-order valence-electron chi connectivity index (χ2n) is 9.74. The van der Waals surface area contributed by atoms with Gasteiger partial charge in [-0.25, -0.2) is 0 Å². The van der Waals surface area contributed by atoms with Crippen molar-refractivity contribution in [3.8, 4) is 11.3 Å². The molecule has 0 atom stereocenters. The SMILES string of the molecule is CC(C)N(c1n[n+](Cc2ccccc2)c(N=Nc2c(-c3ccccc3)n(C)c3ccccc23)s1)C(C)C. The minimum Gasteiger partial charge on any atom is -0.342 e. The zero-order valence-corrected chi connectivity index (χ0v) is 22.9. The van der Waals surface area contributed by atoms with Gasteiger partial charge in [-0.05, 0) is 55.8 Å². The Balaban J connectivity index is 1.64. The van der Waals surface area contributed by atoms with Crippen LogP contribution in [0.5, 0.6) is 0 Å². The molecule has 0 N–H and O–H groups in total. The number of anilines is 1. The Hall–Kier alpha value is -3.84. The van der Waals surface area contributed by atoms with Gasteiger partial charge in [-0.1, -0.05) is 84.0 Å². The number of hydrogen-bond donors (Lipinski definition) is 0. The third kappa shape index (κ3) is 5.04. The zero-order chi connectivity index (χ0) is 25.9. The van der Waals surface area contributed by atoms with Crippen LogP contribution < -0.4 is 9.58 Å². The predicted octanol–water partition coefficient (Wildman–Crippen LogP) is 7.68. The minimum absolute atomic E-state index is 0.323. The fourth-order valence-corrected chi connectivity index (χ4v) is 5.99. The summed E-state index contributed by atoms with van der Waals surface area (Å²) >= 11 is 1.59. The summed E-state index contributed by atoms with van der Waals surface area (Å²) in [5.74, 6) is 0. The van der Waals surface area contributed by atoms with Crippen molar-refractivity contribution >= 4 is 38.2 Å². The van der Waals surface area contributed by atoms with Gasteiger partial charge in [-0.3, -0.25) is 0 Å². The molecule has 7 heteroatoms. The number of rotatable bonds is 8. The van der Waals surface area contributed by atoms with Crippen LogP contribution in [0.2, 0.25) is 0 Å². The summed E-state index contributed by atoms with van der Waals surface area (Å²) in [7, 11) is 2.09. The van der Waals surface area contributed by atoms with E-state index in [0.717, 1.165) is 38.1 Å². The minimum atomic E-state index is 0.323. The fourth-order valence-electron chi connectivity index (χ4n) is 4.87. The van der Waals surface area contributed by atoms with Crippen molar-refractivity contribution in [1.82, 2.24) is 9.67 Å². The molecule has 0 radical (unpaired) electrons. The molecule has 0 aliphatic carbocycles. The first kappa shape index (κ1) is 24.8. The molecule has 0 saturated carbocycles. The molecule has 2 aromatic heterocycles. The van der Waals surface area contributed by atoms with Crippen molar-refractivity contribution in [2.75, 3.05) is 4.90 Å². The van der Waals surface area contributed by atoms with Crippen molar-refractivity contribution in [3.05, 3.63) is 90.5 Å². The molecule has 5 aromatic rings. The van der Waals surface area contributed by atoms with E-state index in [0.29, 0.717) is 18.6 Å². The van der Waals surface area contributed by atoms with E-state index in [-0.39, 0.29) is 0 Å². The smallest absolute Gasteiger partial charge is 0.342 e. The van der Waals surface area contributed by atoms with E-state index in [4.69, 9.17) is 15.3 Å². The van der Waals surface area contributed by atoms with Crippen LogP contribution in [-0.2, 0) is 13.6 Å². The first-order chi connectivity index (χ1) is 17.9. The molecular formula is C30H33N6S+. The van der Waals surface area contributed by atoms with Gasteiger partial charge in [-0.15, -0.1) is 4.68 Å². The molecule has 0 saturated heterocycles. The van der Waals surface area contributed by atoms with E-state index in [2.05, 4.69) is 117 Å². The molecule has 3 aromatic carbocycles. The van der Waals surface area contributed by atoms with Gasteiger partial charge < -0.3 is 9.47 Å². The highest BCUT2D eigenvalue weighted by molar-refractivity contribution is 7.18. The Kier molecular flexibility index (Phi) is 7.15. The van der Waals surface area contributed by atoms with Gasteiger partial charge in [0.15, 0.2) is 0 Å². The second kappa shape index (κ2) is 10.6. The number of fused-ring (bicyclic) bond motifs is 1. The zero-order valence-electron chi connectivity index (χ0n) is 22.0. The first-order valence-electron chi connectivity index (χ1n) is 12.7. The van der Waals surface area contributed by atoms with Crippen LogP contribution >= 0.6 is 11.3 Å². The van der Waals surface area contributed by atoms with Crippen molar-refractivity contribution < 1.29 is 4.68 Å². The molecule has 0 spiro atoms. The van der Waals surface area contributed by atoms with Crippen LogP contribution in [0.25, 0.3) is 22.2 Å². The Bertz CT molecular complexity index is 1510. The van der Waals surface area contributed by atoms with Crippen LogP contribution in [0.3, 0.4) is 0 Å².